The average molecular weight is 227 g/mol. The average Bonchev–Trinajstić information content (AvgIpc) is 2.25. The van der Waals surface area contributed by atoms with Crippen molar-refractivity contribution < 1.29 is 10.2 Å². The molecule has 0 aliphatic heterocycles. The lowest BCUT2D eigenvalue weighted by molar-refractivity contribution is 0.273. The Labute approximate surface area is 96.2 Å². The van der Waals surface area contributed by atoms with Gasteiger partial charge in [-0.05, 0) is 6.42 Å². The van der Waals surface area contributed by atoms with Crippen molar-refractivity contribution in [3.63, 3.8) is 0 Å². The fourth-order valence-electron chi connectivity index (χ4n) is 1.29. The lowest BCUT2D eigenvalue weighted by atomic mass is 10.2. The van der Waals surface area contributed by atoms with Crippen LogP contribution in [0.1, 0.15) is 32.9 Å². The highest BCUT2D eigenvalue weighted by Gasteiger charge is 2.06. The molecule has 4 heteroatoms. The maximum Gasteiger partial charge on any atom is 0.223 e. The molecular formula is C12H21NO3. The zero-order valence-corrected chi connectivity index (χ0v) is 10.2. The van der Waals surface area contributed by atoms with E-state index in [0.717, 1.165) is 0 Å². The van der Waals surface area contributed by atoms with Gasteiger partial charge in [0, 0.05) is 18.8 Å². The van der Waals surface area contributed by atoms with Crippen LogP contribution < -0.4 is 5.43 Å². The van der Waals surface area contributed by atoms with Crippen LogP contribution >= 0.6 is 0 Å². The number of pyridine rings is 1. The second kappa shape index (κ2) is 7.93. The van der Waals surface area contributed by atoms with Crippen molar-refractivity contribution in [3.05, 3.63) is 28.2 Å². The summed E-state index contributed by atoms with van der Waals surface area (Å²) in [5.41, 5.74) is 0.201. The summed E-state index contributed by atoms with van der Waals surface area (Å²) >= 11 is 0. The van der Waals surface area contributed by atoms with Gasteiger partial charge in [0.25, 0.3) is 0 Å². The van der Waals surface area contributed by atoms with E-state index < -0.39 is 0 Å². The van der Waals surface area contributed by atoms with Gasteiger partial charge >= 0.3 is 0 Å². The molecule has 0 spiro atoms. The first-order valence-electron chi connectivity index (χ1n) is 5.64. The van der Waals surface area contributed by atoms with Crippen LogP contribution in [0, 0.1) is 0 Å². The van der Waals surface area contributed by atoms with Crippen LogP contribution in [0.15, 0.2) is 17.1 Å². The van der Waals surface area contributed by atoms with E-state index in [-0.39, 0.29) is 17.8 Å². The molecule has 1 heterocycles. The molecule has 0 bridgehead atoms. The van der Waals surface area contributed by atoms with Crippen molar-refractivity contribution in [2.24, 2.45) is 0 Å². The third-order valence-electron chi connectivity index (χ3n) is 1.94. The van der Waals surface area contributed by atoms with Crippen molar-refractivity contribution in [1.29, 1.82) is 0 Å². The number of nitrogens with zero attached hydrogens (tertiary/aromatic N) is 1. The maximum absolute atomic E-state index is 11.0. The lowest BCUT2D eigenvalue weighted by Gasteiger charge is -2.11. The fraction of sp³-hybridized carbons (Fsp3) is 0.583. The summed E-state index contributed by atoms with van der Waals surface area (Å²) in [5, 5.41) is 18.1. The zero-order valence-electron chi connectivity index (χ0n) is 10.2. The van der Waals surface area contributed by atoms with Crippen LogP contribution in [0.25, 0.3) is 0 Å². The van der Waals surface area contributed by atoms with E-state index in [1.165, 1.54) is 12.5 Å². The Morgan fingerprint density at radius 2 is 1.88 bits per heavy atom. The highest BCUT2D eigenvalue weighted by molar-refractivity contribution is 5.26. The lowest BCUT2D eigenvalue weighted by Crippen LogP contribution is -2.13. The third-order valence-corrected chi connectivity index (χ3v) is 1.94. The summed E-state index contributed by atoms with van der Waals surface area (Å²) in [6, 6.07) is 1.30. The monoisotopic (exact) mass is 227 g/mol. The van der Waals surface area contributed by atoms with E-state index in [1.54, 1.807) is 10.8 Å². The maximum atomic E-state index is 11.0. The Hall–Kier alpha value is -1.29. The standard InChI is InChI=1S/C9H13NO3.C3H8/c1-2-7-9(13)8(12)3-4-10(7)5-6-11;1-3-2/h3-4,11,13H,2,5-6H2,1H3;3H2,1-2H3. The van der Waals surface area contributed by atoms with Gasteiger partial charge in [0.1, 0.15) is 0 Å². The summed E-state index contributed by atoms with van der Waals surface area (Å²) in [5.74, 6) is -0.210. The molecule has 0 amide bonds. The van der Waals surface area contributed by atoms with Crippen LogP contribution in [0.3, 0.4) is 0 Å². The largest absolute Gasteiger partial charge is 0.503 e. The highest BCUT2D eigenvalue weighted by Crippen LogP contribution is 2.11. The zero-order chi connectivity index (χ0) is 12.6. The number of aromatic hydroxyl groups is 1. The predicted octanol–water partition coefficient (Wildman–Crippen LogP) is 1.52. The summed E-state index contributed by atoms with van der Waals surface area (Å²) in [6.45, 7) is 6.49. The van der Waals surface area contributed by atoms with Crippen LogP contribution in [0.4, 0.5) is 0 Å². The molecule has 0 saturated heterocycles. The van der Waals surface area contributed by atoms with Crippen molar-refractivity contribution in [1.82, 2.24) is 4.57 Å². The minimum Gasteiger partial charge on any atom is -0.503 e. The third kappa shape index (κ3) is 4.06. The second-order valence-electron chi connectivity index (χ2n) is 3.45. The summed E-state index contributed by atoms with van der Waals surface area (Å²) in [4.78, 5) is 11.0. The van der Waals surface area contributed by atoms with Crippen molar-refractivity contribution >= 4 is 0 Å². The van der Waals surface area contributed by atoms with E-state index in [4.69, 9.17) is 5.11 Å². The minimum atomic E-state index is -0.369. The molecule has 1 aromatic rings. The van der Waals surface area contributed by atoms with Gasteiger partial charge in [-0.1, -0.05) is 27.2 Å². The SMILES string of the molecule is CCC.CCc1c(O)c(=O)ccn1CCO. The van der Waals surface area contributed by atoms with Crippen molar-refractivity contribution in [2.45, 2.75) is 40.2 Å². The van der Waals surface area contributed by atoms with Gasteiger partial charge in [0.05, 0.1) is 12.3 Å². The molecule has 0 fully saturated rings. The molecule has 1 aromatic heterocycles. The van der Waals surface area contributed by atoms with E-state index in [0.29, 0.717) is 18.7 Å². The van der Waals surface area contributed by atoms with E-state index >= 15 is 0 Å². The van der Waals surface area contributed by atoms with Crippen molar-refractivity contribution in [3.8, 4) is 5.75 Å². The molecule has 2 N–H and O–H groups in total. The first-order chi connectivity index (χ1) is 7.62. The topological polar surface area (TPSA) is 62.5 Å². The number of hydrogen-bond donors (Lipinski definition) is 2. The Balaban J connectivity index is 0.000000673. The van der Waals surface area contributed by atoms with Crippen LogP contribution in [-0.4, -0.2) is 21.4 Å². The molecule has 0 aliphatic carbocycles. The second-order valence-corrected chi connectivity index (χ2v) is 3.45. The molecule has 1 rings (SSSR count). The van der Waals surface area contributed by atoms with Gasteiger partial charge in [0.15, 0.2) is 5.75 Å². The summed E-state index contributed by atoms with van der Waals surface area (Å²) in [6.07, 6.45) is 3.40. The number of aliphatic hydroxyl groups is 1. The first-order valence-corrected chi connectivity index (χ1v) is 5.64. The van der Waals surface area contributed by atoms with Crippen molar-refractivity contribution in [2.75, 3.05) is 6.61 Å². The Morgan fingerprint density at radius 1 is 1.31 bits per heavy atom. The van der Waals surface area contributed by atoms with Gasteiger partial charge in [-0.25, -0.2) is 0 Å². The summed E-state index contributed by atoms with van der Waals surface area (Å²) < 4.78 is 1.68. The van der Waals surface area contributed by atoms with E-state index in [9.17, 15) is 9.90 Å². The van der Waals surface area contributed by atoms with Gasteiger partial charge < -0.3 is 14.8 Å². The first kappa shape index (κ1) is 14.7. The molecule has 0 saturated carbocycles. The number of rotatable bonds is 3. The normalized spacial score (nSPS) is 9.50. The Kier molecular flexibility index (Phi) is 7.29. The minimum absolute atomic E-state index is 0.00465. The van der Waals surface area contributed by atoms with Crippen LogP contribution in [0.2, 0.25) is 0 Å². The molecule has 0 aromatic carbocycles. The molecule has 4 nitrogen and oxygen atoms in total. The smallest absolute Gasteiger partial charge is 0.223 e. The predicted molar refractivity (Wildman–Crippen MR) is 64.8 cm³/mol. The van der Waals surface area contributed by atoms with Crippen LogP contribution in [0.5, 0.6) is 5.75 Å². The number of aliphatic hydroxyl groups excluding tert-OH is 1. The van der Waals surface area contributed by atoms with Gasteiger partial charge in [-0.2, -0.15) is 0 Å². The molecular weight excluding hydrogens is 206 g/mol. The Bertz CT molecular complexity index is 358. The summed E-state index contributed by atoms with van der Waals surface area (Å²) in [7, 11) is 0. The number of hydrogen-bond acceptors (Lipinski definition) is 3. The molecule has 92 valence electrons. The molecule has 16 heavy (non-hydrogen) atoms. The quantitative estimate of drug-likeness (QED) is 0.823. The van der Waals surface area contributed by atoms with Gasteiger partial charge in [-0.15, -0.1) is 0 Å². The highest BCUT2D eigenvalue weighted by atomic mass is 16.3. The number of aromatic nitrogens is 1. The molecule has 0 aliphatic rings. The molecule has 0 radical (unpaired) electrons. The van der Waals surface area contributed by atoms with Gasteiger partial charge in [-0.3, -0.25) is 4.79 Å². The van der Waals surface area contributed by atoms with E-state index in [1.807, 2.05) is 6.92 Å². The van der Waals surface area contributed by atoms with E-state index in [2.05, 4.69) is 13.8 Å². The Morgan fingerprint density at radius 3 is 2.31 bits per heavy atom. The fourth-order valence-corrected chi connectivity index (χ4v) is 1.29. The molecule has 0 atom stereocenters. The van der Waals surface area contributed by atoms with Crippen LogP contribution in [-0.2, 0) is 13.0 Å². The molecule has 0 unspecified atom stereocenters. The van der Waals surface area contributed by atoms with Gasteiger partial charge in [0.2, 0.25) is 5.43 Å².